The van der Waals surface area contributed by atoms with Crippen LogP contribution in [0.5, 0.6) is 5.75 Å². The fourth-order valence-corrected chi connectivity index (χ4v) is 10.7. The quantitative estimate of drug-likeness (QED) is 0.0211. The number of hydrogen-bond donors (Lipinski definition) is 13. The van der Waals surface area contributed by atoms with Gasteiger partial charge in [-0.15, -0.1) is 0 Å². The summed E-state index contributed by atoms with van der Waals surface area (Å²) < 4.78 is 0. The van der Waals surface area contributed by atoms with Crippen LogP contribution in [0.15, 0.2) is 91.0 Å². The van der Waals surface area contributed by atoms with Gasteiger partial charge >= 0.3 is 17.9 Å². The fourth-order valence-electron chi connectivity index (χ4n) is 10.7. The van der Waals surface area contributed by atoms with E-state index in [4.69, 9.17) is 11.1 Å². The maximum Gasteiger partial charge on any atom is 0.317 e. The molecule has 2 fully saturated rings. The predicted octanol–water partition coefficient (Wildman–Crippen LogP) is -0.631. The van der Waals surface area contributed by atoms with E-state index in [-0.39, 0.29) is 154 Å². The Bertz CT molecular complexity index is 3210. The lowest BCUT2D eigenvalue weighted by atomic mass is 10.00. The Morgan fingerprint density at radius 2 is 1.12 bits per heavy atom. The second kappa shape index (κ2) is 36.3. The zero-order valence-electron chi connectivity index (χ0n) is 51.5. The third-order valence-corrected chi connectivity index (χ3v) is 15.7. The summed E-state index contributed by atoms with van der Waals surface area (Å²) in [6.07, 6.45) is 0.863. The third kappa shape index (κ3) is 24.7. The van der Waals surface area contributed by atoms with Crippen molar-refractivity contribution in [2.75, 3.05) is 111 Å². The largest absolute Gasteiger partial charge is 0.508 e. The van der Waals surface area contributed by atoms with E-state index >= 15 is 0 Å². The zero-order chi connectivity index (χ0) is 66.7. The number of anilines is 1. The average molecular weight is 1280 g/mol. The first kappa shape index (κ1) is 71.5. The van der Waals surface area contributed by atoms with Gasteiger partial charge in [0.1, 0.15) is 29.9 Å². The van der Waals surface area contributed by atoms with Crippen molar-refractivity contribution in [3.63, 3.8) is 0 Å². The van der Waals surface area contributed by atoms with Gasteiger partial charge in [-0.05, 0) is 84.0 Å². The first-order valence-electron chi connectivity index (χ1n) is 30.5. The van der Waals surface area contributed by atoms with Crippen LogP contribution in [0.4, 0.5) is 5.69 Å². The number of nitrogens with one attached hydrogen (secondary N) is 8. The second-order valence-electron chi connectivity index (χ2n) is 22.9. The Kier molecular flexibility index (Phi) is 28.2. The number of unbranched alkanes of at least 4 members (excludes halogenated alkanes) is 1. The highest BCUT2D eigenvalue weighted by molar-refractivity contribution is 5.98. The van der Waals surface area contributed by atoms with Crippen LogP contribution in [0.25, 0.3) is 10.8 Å². The summed E-state index contributed by atoms with van der Waals surface area (Å²) in [5, 5.41) is 67.2. The number of likely N-dealkylation sites (N-methyl/N-ethyl adjacent to an activating group) is 1. The number of amidine groups is 1. The summed E-state index contributed by atoms with van der Waals surface area (Å²) in [7, 11) is 1.38. The molecular weight excluding hydrogens is 1190 g/mol. The highest BCUT2D eigenvalue weighted by atomic mass is 16.4. The fraction of sp³-hybridized carbons (Fsp3) is 0.460. The molecule has 92 heavy (non-hydrogen) atoms. The molecule has 2 aliphatic rings. The molecule has 29 heteroatoms. The molecule has 14 N–H and O–H groups in total. The summed E-state index contributed by atoms with van der Waals surface area (Å²) in [6.45, 7) is 0.0688. The van der Waals surface area contributed by atoms with Crippen molar-refractivity contribution < 1.29 is 73.2 Å². The molecular formula is C63H84N14O15. The van der Waals surface area contributed by atoms with Crippen LogP contribution in [0.2, 0.25) is 0 Å². The van der Waals surface area contributed by atoms with Gasteiger partial charge in [-0.3, -0.25) is 77.7 Å². The number of aromatic hydroxyl groups is 1. The van der Waals surface area contributed by atoms with Crippen molar-refractivity contribution in [1.29, 1.82) is 5.41 Å². The maximum atomic E-state index is 14.7. The van der Waals surface area contributed by atoms with Gasteiger partial charge in [-0.1, -0.05) is 61.0 Å². The summed E-state index contributed by atoms with van der Waals surface area (Å²) >= 11 is 0. The van der Waals surface area contributed by atoms with E-state index in [0.29, 0.717) is 29.7 Å². The topological polar surface area (TPSA) is 419 Å². The Labute approximate surface area is 532 Å². The van der Waals surface area contributed by atoms with Crippen LogP contribution in [0.3, 0.4) is 0 Å². The number of carbonyl (C=O) groups excluding carboxylic acids is 8. The molecule has 2 aliphatic heterocycles. The number of hydrogen-bond acceptors (Lipinski definition) is 17. The number of phenolic OH excluding ortho intramolecular Hbond substituents is 1. The number of carboxylic acid groups (broad SMARTS) is 3. The van der Waals surface area contributed by atoms with Gasteiger partial charge in [0.05, 0.1) is 38.6 Å². The van der Waals surface area contributed by atoms with Gasteiger partial charge in [-0.2, -0.15) is 0 Å². The average Bonchev–Trinajstić information content (AvgIpc) is 1.59. The van der Waals surface area contributed by atoms with Gasteiger partial charge in [0.2, 0.25) is 41.4 Å². The van der Waals surface area contributed by atoms with Gasteiger partial charge in [-0.25, -0.2) is 0 Å². The predicted molar refractivity (Wildman–Crippen MR) is 338 cm³/mol. The first-order valence-corrected chi connectivity index (χ1v) is 30.5. The van der Waals surface area contributed by atoms with Crippen molar-refractivity contribution in [2.24, 2.45) is 5.73 Å². The molecule has 4 aromatic rings. The lowest BCUT2D eigenvalue weighted by Gasteiger charge is -2.32. The van der Waals surface area contributed by atoms with Gasteiger partial charge in [0, 0.05) is 109 Å². The number of carboxylic acids is 3. The SMILES string of the molecule is CN1C(=O)[C@@H](Cc2ccc(O)cc2)NC(=O)CNC(=O)[C@H](Cc2ccc3ccccc3c2)NC(=O)[C@H](CCCCC(=N)N)NC(=O)[C@H]1CCCNC(=O)c1ccc(NC(=O)CCNC(=O)CN2CCN(CC(=O)O)CCN(CC(=O)O)CCN(CC(=O)O)CC2)cc1. The molecule has 6 rings (SSSR count). The third-order valence-electron chi connectivity index (χ3n) is 15.7. The number of nitrogens with two attached hydrogens (primary N) is 1. The summed E-state index contributed by atoms with van der Waals surface area (Å²) in [6, 6.07) is 20.1. The molecule has 0 bridgehead atoms. The number of nitrogens with zero attached hydrogens (tertiary/aromatic N) is 5. The zero-order valence-corrected chi connectivity index (χ0v) is 51.5. The highest BCUT2D eigenvalue weighted by Gasteiger charge is 2.36. The Morgan fingerprint density at radius 1 is 0.565 bits per heavy atom. The number of aliphatic carboxylic acids is 3. The number of phenols is 1. The standard InChI is InChI=1S/C63H84N14O15/c1-73-51(10-6-23-67-59(88)44-16-18-46(19-17-44)69-53(79)22-24-66-55(81)37-74-25-27-75(38-56(82)83)29-31-77(40-58(86)87)32-30-76(28-26-74)39-57(84)85)62(91)71-48(9-4-5-11-52(64)65)61(90)72-49(35-42-12-15-43-7-2-3-8-45(43)33-42)60(89)68-36-54(80)70-50(63(73)92)34-41-13-20-47(78)21-14-41/h2-3,7-8,12-21,33,48-51,78H,4-6,9-11,22-32,34-40H2,1H3,(H3,64,65)(H,66,81)(H,67,88)(H,68,89)(H,69,79)(H,70,80)(H,71,91)(H,72,90)(H,82,83)(H,84,85)(H,86,87)/t48-,49-,50+,51+/m0/s1. The molecule has 2 heterocycles. The number of fused-ring (bicyclic) bond motifs is 1. The Morgan fingerprint density at radius 3 is 1.71 bits per heavy atom. The van der Waals surface area contributed by atoms with Crippen LogP contribution in [0, 0.1) is 5.41 Å². The molecule has 496 valence electrons. The minimum absolute atomic E-state index is 0.000846. The lowest BCUT2D eigenvalue weighted by Crippen LogP contribution is -2.58. The molecule has 0 unspecified atom stereocenters. The Balaban J connectivity index is 1.08. The molecule has 4 atom stereocenters. The van der Waals surface area contributed by atoms with E-state index < -0.39 is 95.9 Å². The molecule has 0 saturated carbocycles. The van der Waals surface area contributed by atoms with Gasteiger partial charge < -0.3 is 68.3 Å². The molecule has 8 amide bonds. The van der Waals surface area contributed by atoms with Crippen molar-refractivity contribution in [1.82, 2.24) is 56.4 Å². The second-order valence-corrected chi connectivity index (χ2v) is 22.9. The molecule has 2 saturated heterocycles. The number of carbonyl (C=O) groups is 11. The van der Waals surface area contributed by atoms with Crippen molar-refractivity contribution >= 4 is 87.5 Å². The summed E-state index contributed by atoms with van der Waals surface area (Å²) in [5.74, 6) is -8.32. The van der Waals surface area contributed by atoms with Crippen LogP contribution >= 0.6 is 0 Å². The van der Waals surface area contributed by atoms with Crippen LogP contribution < -0.4 is 43.0 Å². The molecule has 0 aromatic heterocycles. The molecule has 0 radical (unpaired) electrons. The molecule has 0 aliphatic carbocycles. The number of benzene rings is 4. The van der Waals surface area contributed by atoms with E-state index in [1.807, 2.05) is 42.5 Å². The van der Waals surface area contributed by atoms with Crippen molar-refractivity contribution in [3.05, 3.63) is 108 Å². The van der Waals surface area contributed by atoms with Crippen molar-refractivity contribution in [2.45, 2.75) is 82.0 Å². The number of amides is 8. The van der Waals surface area contributed by atoms with Crippen LogP contribution in [-0.4, -0.2) is 245 Å². The van der Waals surface area contributed by atoms with Gasteiger partial charge in [0.25, 0.3) is 5.91 Å². The van der Waals surface area contributed by atoms with E-state index in [1.54, 1.807) is 31.7 Å². The Hall–Kier alpha value is -9.58. The summed E-state index contributed by atoms with van der Waals surface area (Å²) in [5.41, 5.74) is 7.43. The minimum atomic E-state index is -1.29. The lowest BCUT2D eigenvalue weighted by molar-refractivity contribution is -0.142. The van der Waals surface area contributed by atoms with Crippen molar-refractivity contribution in [3.8, 4) is 5.75 Å². The minimum Gasteiger partial charge on any atom is -0.508 e. The summed E-state index contributed by atoms with van der Waals surface area (Å²) in [4.78, 5) is 154. The normalized spacial score (nSPS) is 19.1. The van der Waals surface area contributed by atoms with Crippen LogP contribution in [0.1, 0.15) is 66.4 Å². The van der Waals surface area contributed by atoms with Gasteiger partial charge in [0.15, 0.2) is 0 Å². The highest BCUT2D eigenvalue weighted by Crippen LogP contribution is 2.20. The van der Waals surface area contributed by atoms with Crippen LogP contribution in [-0.2, 0) is 60.8 Å². The smallest absolute Gasteiger partial charge is 0.317 e. The van der Waals surface area contributed by atoms with E-state index in [0.717, 1.165) is 10.8 Å². The van der Waals surface area contributed by atoms with E-state index in [1.165, 1.54) is 48.3 Å². The molecule has 0 spiro atoms. The van der Waals surface area contributed by atoms with E-state index in [2.05, 4.69) is 37.2 Å². The monoisotopic (exact) mass is 1280 g/mol. The van der Waals surface area contributed by atoms with E-state index in [9.17, 15) is 73.2 Å². The first-order chi connectivity index (χ1) is 44.0. The number of rotatable bonds is 26. The molecule has 29 nitrogen and oxygen atoms in total. The molecule has 4 aromatic carbocycles. The maximum absolute atomic E-state index is 14.7.